The molecule has 1 aromatic rings. The molecule has 2 N–H and O–H groups in total. The van der Waals surface area contributed by atoms with Crippen LogP contribution < -0.4 is 10.6 Å². The minimum absolute atomic E-state index is 0.0629. The normalized spacial score (nSPS) is 14.4. The van der Waals surface area contributed by atoms with Crippen LogP contribution in [0, 0.1) is 0 Å². The van der Waals surface area contributed by atoms with Crippen LogP contribution in [0.3, 0.4) is 0 Å². The van der Waals surface area contributed by atoms with E-state index in [4.69, 9.17) is 0 Å². The van der Waals surface area contributed by atoms with Crippen molar-refractivity contribution in [2.75, 3.05) is 11.9 Å². The van der Waals surface area contributed by atoms with E-state index in [-0.39, 0.29) is 18.2 Å². The lowest BCUT2D eigenvalue weighted by molar-refractivity contribution is -0.125. The van der Waals surface area contributed by atoms with Crippen molar-refractivity contribution >= 4 is 29.8 Å². The van der Waals surface area contributed by atoms with E-state index in [0.29, 0.717) is 36.2 Å². The second-order valence-electron chi connectivity index (χ2n) is 5.31. The van der Waals surface area contributed by atoms with Gasteiger partial charge in [0.05, 0.1) is 11.1 Å². The van der Waals surface area contributed by atoms with E-state index in [0.717, 1.165) is 0 Å². The van der Waals surface area contributed by atoms with Crippen LogP contribution in [0.4, 0.5) is 5.69 Å². The van der Waals surface area contributed by atoms with Crippen molar-refractivity contribution < 1.29 is 19.2 Å². The topological polar surface area (TPSA) is 95.6 Å². The zero-order chi connectivity index (χ0) is 17.0. The van der Waals surface area contributed by atoms with E-state index >= 15 is 0 Å². The molecule has 0 fully saturated rings. The van der Waals surface area contributed by atoms with Gasteiger partial charge in [-0.1, -0.05) is 6.07 Å². The third-order valence-corrected chi connectivity index (χ3v) is 3.76. The lowest BCUT2D eigenvalue weighted by atomic mass is 10.1. The molecule has 23 heavy (non-hydrogen) atoms. The highest BCUT2D eigenvalue weighted by atomic mass is 16.2. The van der Waals surface area contributed by atoms with E-state index in [2.05, 4.69) is 5.32 Å². The van der Waals surface area contributed by atoms with Crippen LogP contribution >= 0.6 is 0 Å². The van der Waals surface area contributed by atoms with Crippen LogP contribution in [0.2, 0.25) is 0 Å². The summed E-state index contributed by atoms with van der Waals surface area (Å²) in [6.45, 7) is 4.26. The number of imide groups is 2. The Morgan fingerprint density at radius 1 is 1.30 bits per heavy atom. The zero-order valence-corrected chi connectivity index (χ0v) is 13.1. The Balaban J connectivity index is 2.18. The Bertz CT molecular complexity index is 657. The quantitative estimate of drug-likeness (QED) is 0.581. The predicted octanol–water partition coefficient (Wildman–Crippen LogP) is 1.16. The third-order valence-electron chi connectivity index (χ3n) is 3.76. The summed E-state index contributed by atoms with van der Waals surface area (Å²) in [6.07, 6.45) is 0.673. The third kappa shape index (κ3) is 3.23. The summed E-state index contributed by atoms with van der Waals surface area (Å²) < 4.78 is 0. The molecule has 1 aliphatic heterocycles. The first-order chi connectivity index (χ1) is 11.0. The highest BCUT2D eigenvalue weighted by Gasteiger charge is 2.39. The Morgan fingerprint density at radius 2 is 2.04 bits per heavy atom. The maximum Gasteiger partial charge on any atom is 0.263 e. The highest BCUT2D eigenvalue weighted by Crippen LogP contribution is 2.31. The van der Waals surface area contributed by atoms with Crippen LogP contribution in [-0.4, -0.2) is 41.6 Å². The molecule has 1 unspecified atom stereocenters. The second kappa shape index (κ2) is 7.04. The van der Waals surface area contributed by atoms with E-state index in [9.17, 15) is 19.2 Å². The molecule has 4 amide bonds. The molecule has 1 aliphatic rings. The molecule has 7 heteroatoms. The van der Waals surface area contributed by atoms with Gasteiger partial charge in [-0.05, 0) is 32.4 Å². The molecular weight excluding hydrogens is 298 g/mol. The van der Waals surface area contributed by atoms with Crippen molar-refractivity contribution in [3.8, 4) is 0 Å². The predicted molar refractivity (Wildman–Crippen MR) is 84.0 cm³/mol. The van der Waals surface area contributed by atoms with Gasteiger partial charge in [0.15, 0.2) is 0 Å². The average molecular weight is 317 g/mol. The number of amides is 4. The first kappa shape index (κ1) is 16.7. The summed E-state index contributed by atoms with van der Waals surface area (Å²) in [5, 5.41) is 5.12. The van der Waals surface area contributed by atoms with E-state index in [1.165, 1.54) is 4.90 Å². The fourth-order valence-corrected chi connectivity index (χ4v) is 2.65. The highest BCUT2D eigenvalue weighted by molar-refractivity contribution is 6.23. The fourth-order valence-electron chi connectivity index (χ4n) is 2.65. The molecule has 0 spiro atoms. The molecular formula is C16H19N3O4. The number of anilines is 1. The minimum Gasteiger partial charge on any atom is -0.385 e. The number of nitrogens with one attached hydrogen (secondary N) is 2. The first-order valence-corrected chi connectivity index (χ1v) is 7.49. The van der Waals surface area contributed by atoms with Gasteiger partial charge in [0.1, 0.15) is 0 Å². The smallest absolute Gasteiger partial charge is 0.263 e. The van der Waals surface area contributed by atoms with Crippen molar-refractivity contribution in [3.63, 3.8) is 0 Å². The Morgan fingerprint density at radius 3 is 2.70 bits per heavy atom. The minimum atomic E-state index is -0.436. The number of carbonyl (C=O) groups is 4. The summed E-state index contributed by atoms with van der Waals surface area (Å²) in [4.78, 5) is 47.9. The molecule has 0 bridgehead atoms. The average Bonchev–Trinajstić information content (AvgIpc) is 2.78. The van der Waals surface area contributed by atoms with E-state index in [1.807, 2.05) is 12.2 Å². The van der Waals surface area contributed by atoms with Crippen molar-refractivity contribution in [1.29, 1.82) is 0 Å². The number of hydrogen-bond donors (Lipinski definition) is 2. The molecule has 1 aromatic carbocycles. The second-order valence-corrected chi connectivity index (χ2v) is 5.31. The van der Waals surface area contributed by atoms with Gasteiger partial charge in [0.25, 0.3) is 11.8 Å². The molecule has 0 saturated carbocycles. The van der Waals surface area contributed by atoms with Crippen LogP contribution in [0.1, 0.15) is 47.4 Å². The summed E-state index contributed by atoms with van der Waals surface area (Å²) in [5.41, 5.74) is 1.39. The fraction of sp³-hybridized carbons (Fsp3) is 0.375. The molecule has 2 rings (SSSR count). The number of fused-ring (bicyclic) bond motifs is 1. The van der Waals surface area contributed by atoms with Crippen molar-refractivity contribution in [2.45, 2.75) is 32.7 Å². The standard InChI is InChI=1S/C16H19N3O4/c1-3-17-12-6-4-5-11-14(12)16(23)19(15(11)22)10(2)7-8-13(21)18-9-20/h4-6,9-10,17H,3,7-8H2,1-2H3,(H,18,20,21). The number of rotatable bonds is 7. The monoisotopic (exact) mass is 317 g/mol. The molecule has 122 valence electrons. The van der Waals surface area contributed by atoms with Crippen LogP contribution in [-0.2, 0) is 9.59 Å². The van der Waals surface area contributed by atoms with E-state index < -0.39 is 11.9 Å². The van der Waals surface area contributed by atoms with Crippen LogP contribution in [0.25, 0.3) is 0 Å². The number of hydrogen-bond acceptors (Lipinski definition) is 5. The summed E-state index contributed by atoms with van der Waals surface area (Å²) in [7, 11) is 0. The Kier molecular flexibility index (Phi) is 5.10. The van der Waals surface area contributed by atoms with Gasteiger partial charge in [0, 0.05) is 24.7 Å². The van der Waals surface area contributed by atoms with Gasteiger partial charge in [0.2, 0.25) is 12.3 Å². The molecule has 1 heterocycles. The van der Waals surface area contributed by atoms with Gasteiger partial charge in [-0.3, -0.25) is 29.4 Å². The lowest BCUT2D eigenvalue weighted by Crippen LogP contribution is -2.38. The summed E-state index contributed by atoms with van der Waals surface area (Å²) >= 11 is 0. The molecule has 0 aromatic heterocycles. The number of carbonyl (C=O) groups excluding carboxylic acids is 4. The van der Waals surface area contributed by atoms with E-state index in [1.54, 1.807) is 25.1 Å². The van der Waals surface area contributed by atoms with Crippen LogP contribution in [0.5, 0.6) is 0 Å². The van der Waals surface area contributed by atoms with Gasteiger partial charge < -0.3 is 5.32 Å². The van der Waals surface area contributed by atoms with Gasteiger partial charge in [-0.25, -0.2) is 0 Å². The Hall–Kier alpha value is -2.70. The molecule has 7 nitrogen and oxygen atoms in total. The van der Waals surface area contributed by atoms with Gasteiger partial charge >= 0.3 is 0 Å². The summed E-state index contributed by atoms with van der Waals surface area (Å²) in [5.74, 6) is -1.14. The van der Waals surface area contributed by atoms with Crippen molar-refractivity contribution in [3.05, 3.63) is 29.3 Å². The zero-order valence-electron chi connectivity index (χ0n) is 13.1. The van der Waals surface area contributed by atoms with Crippen molar-refractivity contribution in [1.82, 2.24) is 10.2 Å². The maximum absolute atomic E-state index is 12.6. The number of benzene rings is 1. The molecule has 0 radical (unpaired) electrons. The number of nitrogens with zero attached hydrogens (tertiary/aromatic N) is 1. The van der Waals surface area contributed by atoms with Gasteiger partial charge in [-0.2, -0.15) is 0 Å². The summed E-state index contributed by atoms with van der Waals surface area (Å²) in [6, 6.07) is 4.68. The molecule has 0 aliphatic carbocycles. The SMILES string of the molecule is CCNc1cccc2c1C(=O)N(C(C)CCC(=O)NC=O)C2=O. The Labute approximate surface area is 134 Å². The van der Waals surface area contributed by atoms with Gasteiger partial charge in [-0.15, -0.1) is 0 Å². The maximum atomic E-state index is 12.6. The molecule has 1 atom stereocenters. The van der Waals surface area contributed by atoms with Crippen LogP contribution in [0.15, 0.2) is 18.2 Å². The molecule has 0 saturated heterocycles. The first-order valence-electron chi connectivity index (χ1n) is 7.49. The van der Waals surface area contributed by atoms with Crippen molar-refractivity contribution in [2.24, 2.45) is 0 Å². The largest absolute Gasteiger partial charge is 0.385 e. The lowest BCUT2D eigenvalue weighted by Gasteiger charge is -2.22.